The molecule has 2 unspecified atom stereocenters. The number of aliphatic hydroxyl groups is 2. The van der Waals surface area contributed by atoms with Crippen LogP contribution in [-0.4, -0.2) is 32.2 Å². The number of hydrogen-bond donors (Lipinski definition) is 2. The molecule has 1 aliphatic rings. The van der Waals surface area contributed by atoms with Gasteiger partial charge in [-0.3, -0.25) is 0 Å². The second-order valence-corrected chi connectivity index (χ2v) is 3.31. The van der Waals surface area contributed by atoms with Gasteiger partial charge in [-0.15, -0.1) is 0 Å². The first-order valence-electron chi connectivity index (χ1n) is 4.45. The van der Waals surface area contributed by atoms with E-state index >= 15 is 0 Å². The molecule has 0 saturated carbocycles. The van der Waals surface area contributed by atoms with Crippen molar-refractivity contribution in [2.24, 2.45) is 0 Å². The van der Waals surface area contributed by atoms with Gasteiger partial charge in [-0.2, -0.15) is 5.10 Å². The molecule has 1 aromatic rings. The first-order valence-corrected chi connectivity index (χ1v) is 4.45. The Morgan fingerprint density at radius 1 is 1.43 bits per heavy atom. The van der Waals surface area contributed by atoms with E-state index < -0.39 is 12.2 Å². The van der Waals surface area contributed by atoms with Gasteiger partial charge in [0.15, 0.2) is 0 Å². The molecule has 4 nitrogen and oxygen atoms in total. The molecule has 0 amide bonds. The summed E-state index contributed by atoms with van der Waals surface area (Å²) in [7, 11) is 0. The maximum Gasteiger partial charge on any atom is 0.125 e. The summed E-state index contributed by atoms with van der Waals surface area (Å²) in [4.78, 5) is 0. The smallest absolute Gasteiger partial charge is 0.125 e. The molecule has 0 aliphatic heterocycles. The van der Waals surface area contributed by atoms with E-state index in [4.69, 9.17) is 0 Å². The number of nitrogens with zero attached hydrogens (tertiary/aromatic N) is 2. The predicted octanol–water partition coefficient (Wildman–Crippen LogP) is 0.324. The summed E-state index contributed by atoms with van der Waals surface area (Å²) in [5.74, 6) is 0. The molecule has 2 atom stereocenters. The fourth-order valence-electron chi connectivity index (χ4n) is 1.42. The van der Waals surface area contributed by atoms with Crippen LogP contribution in [0.4, 0.5) is 0 Å². The zero-order valence-electron chi connectivity index (χ0n) is 7.83. The van der Waals surface area contributed by atoms with Gasteiger partial charge in [0, 0.05) is 6.20 Å². The molecule has 0 bridgehead atoms. The Kier molecular flexibility index (Phi) is 2.23. The lowest BCUT2D eigenvalue weighted by Crippen LogP contribution is -2.29. The van der Waals surface area contributed by atoms with Crippen LogP contribution in [0.2, 0.25) is 0 Å². The van der Waals surface area contributed by atoms with Crippen LogP contribution in [0.15, 0.2) is 30.5 Å². The van der Waals surface area contributed by atoms with E-state index in [2.05, 4.69) is 5.10 Å². The number of rotatable bonds is 1. The Hall–Kier alpha value is -1.39. The summed E-state index contributed by atoms with van der Waals surface area (Å²) >= 11 is 0. The third-order valence-corrected chi connectivity index (χ3v) is 2.19. The lowest BCUT2D eigenvalue weighted by molar-refractivity contribution is 0.0818. The predicted molar refractivity (Wildman–Crippen MR) is 52.4 cm³/mol. The molecule has 0 saturated heterocycles. The molecule has 2 rings (SSSR count). The molecule has 0 fully saturated rings. The number of aromatic nitrogens is 2. The highest BCUT2D eigenvalue weighted by atomic mass is 16.3. The van der Waals surface area contributed by atoms with Crippen molar-refractivity contribution in [1.29, 1.82) is 0 Å². The fraction of sp³-hybridized carbons (Fsp3) is 0.300. The standard InChI is InChI=1S/C10H12N2O2/c1-7-5-6-12(11-7)8-3-2-4-9(13)10(8)14/h2-6,9-10,13-14H,1H3. The molecular formula is C10H12N2O2. The van der Waals surface area contributed by atoms with Crippen molar-refractivity contribution in [3.05, 3.63) is 36.2 Å². The molecule has 0 spiro atoms. The summed E-state index contributed by atoms with van der Waals surface area (Å²) in [5, 5.41) is 23.2. The Morgan fingerprint density at radius 2 is 2.21 bits per heavy atom. The zero-order valence-corrected chi connectivity index (χ0v) is 7.83. The average molecular weight is 192 g/mol. The first kappa shape index (κ1) is 9.18. The second-order valence-electron chi connectivity index (χ2n) is 3.31. The summed E-state index contributed by atoms with van der Waals surface area (Å²) in [6.07, 6.45) is 5.01. The van der Waals surface area contributed by atoms with E-state index in [1.54, 1.807) is 29.1 Å². The van der Waals surface area contributed by atoms with Crippen LogP contribution in [0.5, 0.6) is 0 Å². The molecule has 1 aliphatic carbocycles. The lowest BCUT2D eigenvalue weighted by atomic mass is 10.1. The van der Waals surface area contributed by atoms with Crippen molar-refractivity contribution in [2.75, 3.05) is 0 Å². The summed E-state index contributed by atoms with van der Waals surface area (Å²) in [5.41, 5.74) is 1.47. The molecule has 1 aromatic heterocycles. The van der Waals surface area contributed by atoms with Crippen molar-refractivity contribution >= 4 is 5.70 Å². The summed E-state index contributed by atoms with van der Waals surface area (Å²) in [6, 6.07) is 1.85. The van der Waals surface area contributed by atoms with Crippen LogP contribution < -0.4 is 0 Å². The fourth-order valence-corrected chi connectivity index (χ4v) is 1.42. The van der Waals surface area contributed by atoms with Crippen LogP contribution in [0.1, 0.15) is 5.69 Å². The van der Waals surface area contributed by atoms with E-state index in [1.165, 1.54) is 0 Å². The maximum atomic E-state index is 9.67. The van der Waals surface area contributed by atoms with Gasteiger partial charge in [-0.25, -0.2) is 4.68 Å². The van der Waals surface area contributed by atoms with Gasteiger partial charge in [0.2, 0.25) is 0 Å². The van der Waals surface area contributed by atoms with Crippen LogP contribution in [0.3, 0.4) is 0 Å². The van der Waals surface area contributed by atoms with Crippen molar-refractivity contribution in [3.8, 4) is 0 Å². The third-order valence-electron chi connectivity index (χ3n) is 2.19. The zero-order chi connectivity index (χ0) is 10.1. The third kappa shape index (κ3) is 1.49. The van der Waals surface area contributed by atoms with E-state index in [9.17, 15) is 10.2 Å². The van der Waals surface area contributed by atoms with E-state index in [0.29, 0.717) is 5.70 Å². The number of aliphatic hydroxyl groups excluding tert-OH is 2. The molecule has 0 aromatic carbocycles. The minimum absolute atomic E-state index is 0.591. The van der Waals surface area contributed by atoms with E-state index in [-0.39, 0.29) is 0 Å². The molecule has 14 heavy (non-hydrogen) atoms. The van der Waals surface area contributed by atoms with Gasteiger partial charge in [-0.1, -0.05) is 12.2 Å². The normalized spacial score (nSPS) is 26.4. The molecule has 2 N–H and O–H groups in total. The maximum absolute atomic E-state index is 9.67. The summed E-state index contributed by atoms with van der Waals surface area (Å²) in [6.45, 7) is 1.87. The van der Waals surface area contributed by atoms with Gasteiger partial charge in [0.1, 0.15) is 12.2 Å². The lowest BCUT2D eigenvalue weighted by Gasteiger charge is -2.20. The van der Waals surface area contributed by atoms with E-state index in [1.807, 2.05) is 13.0 Å². The molecule has 0 radical (unpaired) electrons. The van der Waals surface area contributed by atoms with Crippen molar-refractivity contribution in [1.82, 2.24) is 9.78 Å². The molecule has 4 heteroatoms. The van der Waals surface area contributed by atoms with Gasteiger partial charge in [-0.05, 0) is 19.1 Å². The van der Waals surface area contributed by atoms with Gasteiger partial charge < -0.3 is 10.2 Å². The van der Waals surface area contributed by atoms with E-state index in [0.717, 1.165) is 5.69 Å². The molecule has 1 heterocycles. The van der Waals surface area contributed by atoms with Crippen molar-refractivity contribution < 1.29 is 10.2 Å². The first-order chi connectivity index (χ1) is 6.68. The monoisotopic (exact) mass is 192 g/mol. The quantitative estimate of drug-likeness (QED) is 0.674. The molecule has 74 valence electrons. The van der Waals surface area contributed by atoms with Crippen LogP contribution in [-0.2, 0) is 0 Å². The highest BCUT2D eigenvalue weighted by molar-refractivity contribution is 5.55. The number of aryl methyl sites for hydroxylation is 1. The Morgan fingerprint density at radius 3 is 2.86 bits per heavy atom. The minimum Gasteiger partial charge on any atom is -0.386 e. The van der Waals surface area contributed by atoms with Gasteiger partial charge >= 0.3 is 0 Å². The highest BCUT2D eigenvalue weighted by Gasteiger charge is 2.22. The minimum atomic E-state index is -0.903. The topological polar surface area (TPSA) is 58.3 Å². The van der Waals surface area contributed by atoms with Gasteiger partial charge in [0.25, 0.3) is 0 Å². The van der Waals surface area contributed by atoms with Crippen LogP contribution in [0.25, 0.3) is 5.70 Å². The Labute approximate surface area is 81.8 Å². The average Bonchev–Trinajstić information content (AvgIpc) is 2.57. The Balaban J connectivity index is 2.34. The number of allylic oxidation sites excluding steroid dienone is 2. The largest absolute Gasteiger partial charge is 0.386 e. The number of hydrogen-bond acceptors (Lipinski definition) is 3. The van der Waals surface area contributed by atoms with Crippen LogP contribution >= 0.6 is 0 Å². The van der Waals surface area contributed by atoms with Gasteiger partial charge in [0.05, 0.1) is 11.4 Å². The Bertz CT molecular complexity index is 393. The second kappa shape index (κ2) is 3.40. The SMILES string of the molecule is Cc1ccn(C2=CC=CC(O)C2O)n1. The van der Waals surface area contributed by atoms with Crippen LogP contribution in [0, 0.1) is 6.92 Å². The highest BCUT2D eigenvalue weighted by Crippen LogP contribution is 2.17. The molecular weight excluding hydrogens is 180 g/mol. The van der Waals surface area contributed by atoms with Crippen molar-refractivity contribution in [3.63, 3.8) is 0 Å². The summed E-state index contributed by atoms with van der Waals surface area (Å²) < 4.78 is 1.58. The van der Waals surface area contributed by atoms with Crippen molar-refractivity contribution in [2.45, 2.75) is 19.1 Å².